The number of hydrogen-bond acceptors (Lipinski definition) is 2. The molecule has 0 spiro atoms. The first-order valence-corrected chi connectivity index (χ1v) is 7.70. The molecule has 19 heavy (non-hydrogen) atoms. The van der Waals surface area contributed by atoms with Gasteiger partial charge in [0.05, 0.1) is 26.2 Å². The van der Waals surface area contributed by atoms with E-state index in [2.05, 4.69) is 20.8 Å². The van der Waals surface area contributed by atoms with E-state index in [-0.39, 0.29) is 6.47 Å². The highest BCUT2D eigenvalue weighted by Gasteiger charge is 2.24. The van der Waals surface area contributed by atoms with E-state index in [0.717, 1.165) is 11.0 Å². The lowest BCUT2D eigenvalue weighted by molar-refractivity contribution is -0.929. The van der Waals surface area contributed by atoms with E-state index in [1.807, 2.05) is 0 Å². The van der Waals surface area contributed by atoms with Crippen LogP contribution in [0.4, 0.5) is 0 Å². The van der Waals surface area contributed by atoms with Crippen LogP contribution in [-0.2, 0) is 4.79 Å². The lowest BCUT2D eigenvalue weighted by atomic mass is 10.1. The van der Waals surface area contributed by atoms with Crippen molar-refractivity contribution in [2.45, 2.75) is 59.3 Å². The number of unbranched alkanes of at least 4 members (excludes halogenated alkanes) is 3. The number of quaternary nitrogens is 1. The van der Waals surface area contributed by atoms with Crippen molar-refractivity contribution in [1.29, 1.82) is 0 Å². The van der Waals surface area contributed by atoms with Gasteiger partial charge in [-0.3, -0.25) is 4.79 Å². The number of carbonyl (C=O) groups is 1. The molecule has 0 saturated carbocycles. The number of hydrogen-bond donors (Lipinski definition) is 2. The van der Waals surface area contributed by atoms with E-state index in [4.69, 9.17) is 9.90 Å². The van der Waals surface area contributed by atoms with Gasteiger partial charge in [-0.25, -0.2) is 0 Å². The maximum absolute atomic E-state index is 9.28. The summed E-state index contributed by atoms with van der Waals surface area (Å²) in [7, 11) is 0. The molecular weight excluding hydrogens is 242 g/mol. The molecule has 0 aliphatic rings. The Hall–Kier alpha value is -0.610. The molecule has 0 bridgehead atoms. The zero-order chi connectivity index (χ0) is 15.0. The van der Waals surface area contributed by atoms with Gasteiger partial charge in [0, 0.05) is 0 Å². The fourth-order valence-corrected chi connectivity index (χ4v) is 2.36. The molecule has 0 aromatic carbocycles. The van der Waals surface area contributed by atoms with Gasteiger partial charge in [-0.1, -0.05) is 40.0 Å². The smallest absolute Gasteiger partial charge is 0.290 e. The third-order valence-corrected chi connectivity index (χ3v) is 3.53. The summed E-state index contributed by atoms with van der Waals surface area (Å²) in [6.45, 7) is 11.6. The summed E-state index contributed by atoms with van der Waals surface area (Å²) in [6, 6.07) is 0. The number of rotatable bonds is 11. The van der Waals surface area contributed by atoms with Crippen LogP contribution in [0.25, 0.3) is 0 Å². The normalized spacial score (nSPS) is 10.7. The summed E-state index contributed by atoms with van der Waals surface area (Å²) >= 11 is 0. The van der Waals surface area contributed by atoms with E-state index in [0.29, 0.717) is 6.61 Å². The highest BCUT2D eigenvalue weighted by Crippen LogP contribution is 2.14. The maximum atomic E-state index is 9.28. The zero-order valence-electron chi connectivity index (χ0n) is 13.1. The monoisotopic (exact) mass is 276 g/mol. The molecule has 0 aromatic heterocycles. The van der Waals surface area contributed by atoms with E-state index < -0.39 is 0 Å². The SMILES string of the molecule is CCCC[N+](CCO)(CCCC)CCCC.O=CO. The molecule has 0 radical (unpaired) electrons. The van der Waals surface area contributed by atoms with Crippen molar-refractivity contribution in [2.24, 2.45) is 0 Å². The highest BCUT2D eigenvalue weighted by molar-refractivity contribution is 5.32. The van der Waals surface area contributed by atoms with Gasteiger partial charge in [0.1, 0.15) is 6.54 Å². The largest absolute Gasteiger partial charge is 0.483 e. The summed E-state index contributed by atoms with van der Waals surface area (Å²) in [5.41, 5.74) is 0. The van der Waals surface area contributed by atoms with Crippen LogP contribution in [0.3, 0.4) is 0 Å². The summed E-state index contributed by atoms with van der Waals surface area (Å²) in [5.74, 6) is 0. The molecule has 0 aromatic rings. The van der Waals surface area contributed by atoms with Gasteiger partial charge < -0.3 is 14.7 Å². The molecular formula is C15H34NO3+. The van der Waals surface area contributed by atoms with Crippen molar-refractivity contribution in [3.05, 3.63) is 0 Å². The van der Waals surface area contributed by atoms with E-state index in [9.17, 15) is 5.11 Å². The van der Waals surface area contributed by atoms with Gasteiger partial charge in [-0.2, -0.15) is 0 Å². The van der Waals surface area contributed by atoms with Gasteiger partial charge in [0.25, 0.3) is 6.47 Å². The lowest BCUT2D eigenvalue weighted by Gasteiger charge is -2.38. The van der Waals surface area contributed by atoms with Crippen LogP contribution in [0.15, 0.2) is 0 Å². The summed E-state index contributed by atoms with van der Waals surface area (Å²) < 4.78 is 1.16. The summed E-state index contributed by atoms with van der Waals surface area (Å²) in [6.07, 6.45) is 7.70. The average molecular weight is 276 g/mol. The second kappa shape index (κ2) is 15.4. The maximum Gasteiger partial charge on any atom is 0.290 e. The van der Waals surface area contributed by atoms with Crippen molar-refractivity contribution in [3.8, 4) is 0 Å². The Labute approximate surface area is 119 Å². The Morgan fingerprint density at radius 2 is 1.16 bits per heavy atom. The Kier molecular flexibility index (Phi) is 16.8. The first-order valence-electron chi connectivity index (χ1n) is 7.70. The topological polar surface area (TPSA) is 57.5 Å². The number of carboxylic acid groups (broad SMARTS) is 1. The average Bonchev–Trinajstić information content (AvgIpc) is 2.41. The first kappa shape index (κ1) is 20.7. The number of aliphatic hydroxyl groups excluding tert-OH is 1. The molecule has 0 fully saturated rings. The van der Waals surface area contributed by atoms with Crippen molar-refractivity contribution in [2.75, 3.05) is 32.8 Å². The third-order valence-electron chi connectivity index (χ3n) is 3.53. The Morgan fingerprint density at radius 3 is 1.37 bits per heavy atom. The molecule has 0 atom stereocenters. The number of aliphatic hydroxyl groups is 1. The first-order chi connectivity index (χ1) is 9.16. The molecule has 116 valence electrons. The van der Waals surface area contributed by atoms with E-state index >= 15 is 0 Å². The zero-order valence-corrected chi connectivity index (χ0v) is 13.1. The van der Waals surface area contributed by atoms with Crippen molar-refractivity contribution < 1.29 is 19.5 Å². The minimum atomic E-state index is -0.250. The molecule has 0 unspecified atom stereocenters. The van der Waals surface area contributed by atoms with E-state index in [1.54, 1.807) is 0 Å². The highest BCUT2D eigenvalue weighted by atomic mass is 16.3. The second-order valence-electron chi connectivity index (χ2n) is 5.13. The predicted octanol–water partition coefficient (Wildman–Crippen LogP) is 2.90. The molecule has 0 amide bonds. The molecule has 0 aliphatic heterocycles. The number of nitrogens with zero attached hydrogens (tertiary/aromatic N) is 1. The van der Waals surface area contributed by atoms with Gasteiger partial charge in [0.15, 0.2) is 0 Å². The standard InChI is InChI=1S/C14H32NO.CH2O2/c1-4-7-10-15(13-14-16,11-8-5-2)12-9-6-3;2-1-3/h16H,4-14H2,1-3H3;1H,(H,2,3)/q+1;. The molecule has 4 heteroatoms. The minimum Gasteiger partial charge on any atom is -0.483 e. The Bertz CT molecular complexity index is 164. The van der Waals surface area contributed by atoms with Crippen molar-refractivity contribution in [1.82, 2.24) is 0 Å². The second-order valence-corrected chi connectivity index (χ2v) is 5.13. The van der Waals surface area contributed by atoms with Crippen LogP contribution in [0.1, 0.15) is 59.3 Å². The fourth-order valence-electron chi connectivity index (χ4n) is 2.36. The van der Waals surface area contributed by atoms with Gasteiger partial charge in [-0.05, 0) is 19.3 Å². The van der Waals surface area contributed by atoms with Crippen LogP contribution >= 0.6 is 0 Å². The fraction of sp³-hybridized carbons (Fsp3) is 0.933. The quantitative estimate of drug-likeness (QED) is 0.450. The van der Waals surface area contributed by atoms with Crippen LogP contribution in [-0.4, -0.2) is 54.0 Å². The summed E-state index contributed by atoms with van der Waals surface area (Å²) in [5, 5.41) is 16.2. The predicted molar refractivity (Wildman–Crippen MR) is 80.2 cm³/mol. The van der Waals surface area contributed by atoms with Gasteiger partial charge in [0.2, 0.25) is 0 Å². The lowest BCUT2D eigenvalue weighted by Crippen LogP contribution is -2.51. The molecule has 0 saturated heterocycles. The van der Waals surface area contributed by atoms with Crippen molar-refractivity contribution in [3.63, 3.8) is 0 Å². The molecule has 0 aliphatic carbocycles. The van der Waals surface area contributed by atoms with E-state index in [1.165, 1.54) is 58.2 Å². The Morgan fingerprint density at radius 1 is 0.842 bits per heavy atom. The molecule has 0 heterocycles. The Balaban J connectivity index is 0. The summed E-state index contributed by atoms with van der Waals surface area (Å²) in [4.78, 5) is 8.36. The van der Waals surface area contributed by atoms with Crippen LogP contribution < -0.4 is 0 Å². The molecule has 0 rings (SSSR count). The van der Waals surface area contributed by atoms with Crippen LogP contribution in [0, 0.1) is 0 Å². The third kappa shape index (κ3) is 12.2. The van der Waals surface area contributed by atoms with Crippen LogP contribution in [0.2, 0.25) is 0 Å². The van der Waals surface area contributed by atoms with Gasteiger partial charge >= 0.3 is 0 Å². The minimum absolute atomic E-state index is 0.250. The van der Waals surface area contributed by atoms with Crippen molar-refractivity contribution >= 4 is 6.47 Å². The molecule has 4 nitrogen and oxygen atoms in total. The van der Waals surface area contributed by atoms with Crippen LogP contribution in [0.5, 0.6) is 0 Å². The molecule has 2 N–H and O–H groups in total. The van der Waals surface area contributed by atoms with Gasteiger partial charge in [-0.15, -0.1) is 0 Å².